The molecule has 0 amide bonds. The fourth-order valence-electron chi connectivity index (χ4n) is 15.0. The van der Waals surface area contributed by atoms with Crippen LogP contribution in [0.4, 0.5) is 0 Å². The zero-order chi connectivity index (χ0) is 101. The normalized spacial score (nSPS) is 12.0. The van der Waals surface area contributed by atoms with E-state index < -0.39 is 64.2 Å². The Hall–Kier alpha value is -13.7. The highest BCUT2D eigenvalue weighted by molar-refractivity contribution is 7.89. The van der Waals surface area contributed by atoms with Crippen molar-refractivity contribution in [2.24, 2.45) is 5.14 Å². The number of fused-ring (bicyclic) bond motifs is 3. The van der Waals surface area contributed by atoms with E-state index in [1.807, 2.05) is 109 Å². The summed E-state index contributed by atoms with van der Waals surface area (Å²) in [5.41, 5.74) is 15.3. The number of aromatic nitrogens is 9. The van der Waals surface area contributed by atoms with Crippen molar-refractivity contribution in [3.05, 3.63) is 292 Å². The number of rotatable bonds is 46. The Morgan fingerprint density at radius 3 is 1.17 bits per heavy atom. The average Bonchev–Trinajstić information content (AvgIpc) is 1.66. The van der Waals surface area contributed by atoms with E-state index in [1.54, 1.807) is 58.5 Å². The first-order chi connectivity index (χ1) is 67.4. The van der Waals surface area contributed by atoms with E-state index in [4.69, 9.17) is 50.0 Å². The number of aliphatic hydroxyl groups is 3. The molecule has 37 heteroatoms. The van der Waals surface area contributed by atoms with Crippen LogP contribution in [-0.2, 0) is 96.6 Å². The summed E-state index contributed by atoms with van der Waals surface area (Å²) >= 11 is 5.02. The number of nitrogens with two attached hydrogens (primary N) is 1. The van der Waals surface area contributed by atoms with Crippen molar-refractivity contribution in [3.8, 4) is 48.6 Å². The van der Waals surface area contributed by atoms with Crippen LogP contribution in [0.5, 0.6) is 17.2 Å². The van der Waals surface area contributed by atoms with Gasteiger partial charge >= 0.3 is 35.8 Å². The number of H-pyrrole nitrogens is 4. The molecule has 746 valence electrons. The van der Waals surface area contributed by atoms with Gasteiger partial charge in [-0.15, -0.1) is 44.2 Å². The first kappa shape index (κ1) is 109. The molecule has 15 rings (SSSR count). The maximum atomic E-state index is 11.5. The standard InChI is InChI=1S/C33H37N3O4S2.C31H34N4O2S.C28H32N6O2S.3C4H6O4/c1-33(2,36-21-26(37)22-40-30-10-4-3-8-29(30)31-11-6-18-41-31)19-25-20-35-32-24(7-5-9-28(25)32)15-12-23-13-16-27(17-14-23)42(34,38)39;1-31(2,35-20-25(36)21-37-28-10-4-3-8-27(28)29-11-6-16-38-29)17-23-18-34-30-22(7-5-9-26(23)30)12-13-24-19-32-14-15-33-24;1-28(2,30-17-21(35)18-36-25-7-4-3-6-23(25)26-8-5-13-37-26)15-20-16-29-24-14-19(9-11-22(20)24)10-12-27-31-33-34-32-27;3*5-3(6)1-2-4(7)8/h3-11,13-14,16-18,20,26,35-37H,12,15,19,21-22H2,1-2H3,(H2,34,38,39);3-11,14-16,18-19,25,34-36H,12-13,17,20-21H2,1-2H3;3-9,11,13-14,16,21,29-30,35H,10,12,15,17-18H2,1-2H3,(H,31,32,33,34);3*1-2H2,(H,5,6)(H,7,8)/t26-;25-;21-;;;/m000.../s1. The van der Waals surface area contributed by atoms with Crippen molar-refractivity contribution in [1.82, 2.24) is 61.5 Å². The predicted octanol–water partition coefficient (Wildman–Crippen LogP) is 15.9. The highest BCUT2D eigenvalue weighted by Crippen LogP contribution is 2.37. The Morgan fingerprint density at radius 2 is 0.801 bits per heavy atom. The molecular weight excluding hydrogens is 1880 g/mol. The molecular formula is C104H121N13O20S4. The summed E-state index contributed by atoms with van der Waals surface area (Å²) in [6.07, 6.45) is 15.2. The van der Waals surface area contributed by atoms with E-state index in [0.29, 0.717) is 19.6 Å². The fourth-order valence-corrected chi connectivity index (χ4v) is 17.8. The smallest absolute Gasteiger partial charge is 0.303 e. The number of nitrogens with zero attached hydrogens (tertiary/aromatic N) is 5. The Bertz CT molecular complexity index is 6450. The molecule has 0 unspecified atom stereocenters. The number of aliphatic hydroxyl groups excluding tert-OH is 3. The monoisotopic (exact) mass is 2000 g/mol. The minimum Gasteiger partial charge on any atom is -0.490 e. The number of carbonyl (C=O) groups is 6. The highest BCUT2D eigenvalue weighted by atomic mass is 32.2. The molecule has 8 heterocycles. The van der Waals surface area contributed by atoms with Crippen molar-refractivity contribution < 1.29 is 97.4 Å². The zero-order valence-electron chi connectivity index (χ0n) is 79.1. The second-order valence-electron chi connectivity index (χ2n) is 35.2. The number of benzene rings is 7. The number of primary sulfonamides is 1. The maximum Gasteiger partial charge on any atom is 0.303 e. The van der Waals surface area contributed by atoms with Crippen LogP contribution < -0.4 is 35.3 Å². The number of hydrogen-bond donors (Lipinski definition) is 17. The van der Waals surface area contributed by atoms with Crippen LogP contribution in [0.25, 0.3) is 64.0 Å². The van der Waals surface area contributed by atoms with Gasteiger partial charge in [-0.25, -0.2) is 13.6 Å². The molecule has 7 aromatic carbocycles. The molecule has 15 aromatic rings. The van der Waals surface area contributed by atoms with Crippen LogP contribution in [0.15, 0.2) is 246 Å². The van der Waals surface area contributed by atoms with Crippen molar-refractivity contribution in [2.75, 3.05) is 39.5 Å². The van der Waals surface area contributed by atoms with Crippen LogP contribution in [0.3, 0.4) is 0 Å². The van der Waals surface area contributed by atoms with Crippen LogP contribution in [0.1, 0.15) is 131 Å². The second kappa shape index (κ2) is 54.2. The first-order valence-electron chi connectivity index (χ1n) is 45.6. The maximum absolute atomic E-state index is 11.5. The van der Waals surface area contributed by atoms with Crippen molar-refractivity contribution in [2.45, 2.75) is 178 Å². The number of tetrazole rings is 1. The number of aliphatic carboxylic acids is 6. The molecule has 141 heavy (non-hydrogen) atoms. The fraction of sp³-hybridized carbons (Fsp3) is 0.317. The number of nitrogens with one attached hydrogen (secondary N) is 7. The first-order valence-corrected chi connectivity index (χ1v) is 49.8. The van der Waals surface area contributed by atoms with E-state index in [2.05, 4.69) is 211 Å². The summed E-state index contributed by atoms with van der Waals surface area (Å²) in [7, 11) is -3.69. The van der Waals surface area contributed by atoms with Crippen LogP contribution >= 0.6 is 34.0 Å². The van der Waals surface area contributed by atoms with Gasteiger partial charge in [-0.2, -0.15) is 5.21 Å². The molecule has 0 spiro atoms. The third-order valence-corrected chi connectivity index (χ3v) is 25.8. The van der Waals surface area contributed by atoms with Gasteiger partial charge in [-0.3, -0.25) is 38.7 Å². The number of aromatic amines is 4. The molecule has 33 nitrogen and oxygen atoms in total. The van der Waals surface area contributed by atoms with Crippen molar-refractivity contribution in [1.29, 1.82) is 0 Å². The lowest BCUT2D eigenvalue weighted by molar-refractivity contribution is -0.143. The molecule has 0 bridgehead atoms. The summed E-state index contributed by atoms with van der Waals surface area (Å²) in [5, 5.41) is 119. The van der Waals surface area contributed by atoms with Gasteiger partial charge in [-0.1, -0.05) is 120 Å². The number of thiophene rings is 3. The molecule has 0 aliphatic heterocycles. The van der Waals surface area contributed by atoms with Crippen LogP contribution in [-0.4, -0.2) is 210 Å². The summed E-state index contributed by atoms with van der Waals surface area (Å²) in [5.74, 6) is -3.38. The SMILES string of the molecule is CC(C)(Cc1c[nH]c2c(CCc3ccc(S(N)(=O)=O)cc3)cccc12)NC[C@H](O)COc1ccccc1-c1cccs1.CC(C)(Cc1c[nH]c2c(CCc3cnccn3)cccc12)NC[C@H](O)COc1ccccc1-c1cccs1.CC(C)(Cc1c[nH]c2cc(CCc3nn[nH]n3)ccc12)NC[C@H](O)COc1ccccc1-c1cccs1.O=C(O)CCC(=O)O.O=C(O)CCC(=O)O.O=C(O)CCC(=O)O. The van der Waals surface area contributed by atoms with Crippen molar-refractivity contribution >= 4 is 113 Å². The number of carboxylic acids is 6. The van der Waals surface area contributed by atoms with Gasteiger partial charge in [-0.05, 0) is 221 Å². The molecule has 0 saturated heterocycles. The molecule has 0 radical (unpaired) electrons. The Morgan fingerprint density at radius 1 is 0.418 bits per heavy atom. The molecule has 0 saturated carbocycles. The predicted molar refractivity (Wildman–Crippen MR) is 546 cm³/mol. The topological polar surface area (TPSA) is 536 Å². The summed E-state index contributed by atoms with van der Waals surface area (Å²) in [6.45, 7) is 14.9. The highest BCUT2D eigenvalue weighted by Gasteiger charge is 2.27. The molecule has 0 aliphatic carbocycles. The summed E-state index contributed by atoms with van der Waals surface area (Å²) in [6, 6.07) is 62.3. The number of hydrogen-bond acceptors (Lipinski definition) is 25. The third kappa shape index (κ3) is 37.1. The number of β-amino-alcohol motifs (C(OH)–C–C–N with tert-alkyl or cyclic N) is 3. The molecule has 0 fully saturated rings. The quantitative estimate of drug-likeness (QED) is 0.0168. The Kier molecular flexibility index (Phi) is 42.0. The largest absolute Gasteiger partial charge is 0.490 e. The van der Waals surface area contributed by atoms with E-state index >= 15 is 0 Å². The summed E-state index contributed by atoms with van der Waals surface area (Å²) in [4.78, 5) is 80.4. The number of para-hydroxylation sites is 5. The lowest BCUT2D eigenvalue weighted by atomic mass is 9.93. The lowest BCUT2D eigenvalue weighted by Crippen LogP contribution is -2.46. The van der Waals surface area contributed by atoms with Crippen LogP contribution in [0, 0.1) is 0 Å². The second-order valence-corrected chi connectivity index (χ2v) is 39.6. The minimum absolute atomic E-state index is 0.123. The summed E-state index contributed by atoms with van der Waals surface area (Å²) < 4.78 is 41.1. The zero-order valence-corrected chi connectivity index (χ0v) is 82.4. The number of carboxylic acid groups (broad SMARTS) is 6. The van der Waals surface area contributed by atoms with Crippen molar-refractivity contribution in [3.63, 3.8) is 0 Å². The minimum atomic E-state index is -3.69. The Balaban J connectivity index is 0.000000194. The van der Waals surface area contributed by atoms with E-state index in [0.717, 1.165) is 134 Å². The van der Waals surface area contributed by atoms with Gasteiger partial charge in [0.15, 0.2) is 5.82 Å². The molecule has 18 N–H and O–H groups in total. The number of sulfonamides is 1. The van der Waals surface area contributed by atoms with Gasteiger partial charge in [0.2, 0.25) is 10.0 Å². The van der Waals surface area contributed by atoms with Gasteiger partial charge in [0.25, 0.3) is 0 Å². The van der Waals surface area contributed by atoms with Gasteiger partial charge < -0.3 is 91.1 Å². The van der Waals surface area contributed by atoms with E-state index in [1.165, 1.54) is 55.1 Å². The number of aryl methyl sites for hydroxylation is 6. The van der Waals surface area contributed by atoms with Crippen LogP contribution in [0.2, 0.25) is 0 Å². The van der Waals surface area contributed by atoms with E-state index in [-0.39, 0.29) is 79.9 Å². The lowest BCUT2D eigenvalue weighted by Gasteiger charge is -2.28. The van der Waals surface area contributed by atoms with E-state index in [9.17, 15) is 52.5 Å². The van der Waals surface area contributed by atoms with Gasteiger partial charge in [0.05, 0.1) is 49.1 Å². The molecule has 0 aliphatic rings. The number of ether oxygens (including phenoxy) is 3. The Labute approximate surface area is 828 Å². The average molecular weight is 2000 g/mol. The van der Waals surface area contributed by atoms with Gasteiger partial charge in [0.1, 0.15) is 55.4 Å². The van der Waals surface area contributed by atoms with Gasteiger partial charge in [0, 0.05) is 144 Å². The third-order valence-electron chi connectivity index (χ3n) is 22.2. The molecule has 8 aromatic heterocycles. The molecule has 3 atom stereocenters.